The van der Waals surface area contributed by atoms with Crippen molar-refractivity contribution in [3.05, 3.63) is 35.8 Å². The molecule has 2 rings (SSSR count). The summed E-state index contributed by atoms with van der Waals surface area (Å²) in [6, 6.07) is 1.79. The summed E-state index contributed by atoms with van der Waals surface area (Å²) in [7, 11) is 0. The van der Waals surface area contributed by atoms with E-state index in [9.17, 15) is 4.79 Å². The fourth-order valence-electron chi connectivity index (χ4n) is 1.46. The van der Waals surface area contributed by atoms with E-state index in [-0.39, 0.29) is 5.97 Å². The highest BCUT2D eigenvalue weighted by molar-refractivity contribution is 5.92. The lowest BCUT2D eigenvalue weighted by molar-refractivity contribution is 0.0526. The number of rotatable bonds is 2. The molecule has 2 heterocycles. The Morgan fingerprint density at radius 2 is 2.53 bits per heavy atom. The third-order valence-corrected chi connectivity index (χ3v) is 2.14. The minimum Gasteiger partial charge on any atom is -0.462 e. The molecule has 1 aromatic heterocycles. The first-order chi connectivity index (χ1) is 7.31. The third-order valence-electron chi connectivity index (χ3n) is 2.14. The molecule has 0 aromatic carbocycles. The number of esters is 1. The van der Waals surface area contributed by atoms with Crippen LogP contribution < -0.4 is 0 Å². The molecule has 0 aliphatic carbocycles. The van der Waals surface area contributed by atoms with Crippen LogP contribution in [-0.2, 0) is 11.3 Å². The summed E-state index contributed by atoms with van der Waals surface area (Å²) >= 11 is 0. The van der Waals surface area contributed by atoms with Crippen LogP contribution in [0.1, 0.15) is 23.0 Å². The molecule has 0 radical (unpaired) electrons. The average Bonchev–Trinajstić information content (AvgIpc) is 2.51. The highest BCUT2D eigenvalue weighted by atomic mass is 16.5. The maximum absolute atomic E-state index is 11.5. The maximum atomic E-state index is 11.5. The van der Waals surface area contributed by atoms with Gasteiger partial charge in [-0.25, -0.2) is 4.79 Å². The molecule has 1 aliphatic rings. The molecule has 0 amide bonds. The topological polar surface area (TPSA) is 43.6 Å². The lowest BCUT2D eigenvalue weighted by Gasteiger charge is -1.98. The third kappa shape index (κ3) is 1.98. The normalized spacial score (nSPS) is 13.4. The molecule has 0 unspecified atom stereocenters. The second kappa shape index (κ2) is 4.13. The summed E-state index contributed by atoms with van der Waals surface area (Å²) in [5.74, 6) is -0.282. The summed E-state index contributed by atoms with van der Waals surface area (Å²) in [4.78, 5) is 15.5. The molecule has 1 aromatic rings. The van der Waals surface area contributed by atoms with Gasteiger partial charge in [-0.15, -0.1) is 0 Å². The number of carbonyl (C=O) groups excluding carboxylic acids is 1. The minimum atomic E-state index is -0.282. The summed E-state index contributed by atoms with van der Waals surface area (Å²) in [6.07, 6.45) is 7.19. The van der Waals surface area contributed by atoms with Gasteiger partial charge in [0.25, 0.3) is 0 Å². The number of nitrogens with zero attached hydrogens (tertiary/aromatic N) is 2. The lowest BCUT2D eigenvalue weighted by atomic mass is 10.3. The van der Waals surface area contributed by atoms with Crippen LogP contribution in [0.5, 0.6) is 0 Å². The monoisotopic (exact) mass is 204 g/mol. The van der Waals surface area contributed by atoms with E-state index in [0.717, 1.165) is 12.2 Å². The van der Waals surface area contributed by atoms with Crippen molar-refractivity contribution in [3.8, 4) is 0 Å². The molecule has 0 N–H and O–H groups in total. The largest absolute Gasteiger partial charge is 0.462 e. The second-order valence-electron chi connectivity index (χ2n) is 3.19. The van der Waals surface area contributed by atoms with Gasteiger partial charge in [0.1, 0.15) is 0 Å². The van der Waals surface area contributed by atoms with E-state index in [1.54, 1.807) is 31.6 Å². The van der Waals surface area contributed by atoms with Crippen LogP contribution in [0.4, 0.5) is 0 Å². The molecule has 0 spiro atoms. The first-order valence-electron chi connectivity index (χ1n) is 4.86. The van der Waals surface area contributed by atoms with Crippen LogP contribution in [-0.4, -0.2) is 23.4 Å². The van der Waals surface area contributed by atoms with Gasteiger partial charge in [0, 0.05) is 18.9 Å². The molecule has 0 atom stereocenters. The number of aliphatic imine (C=N–C) groups is 1. The Bertz CT molecular complexity index is 430. The van der Waals surface area contributed by atoms with Crippen molar-refractivity contribution in [2.45, 2.75) is 13.5 Å². The van der Waals surface area contributed by atoms with E-state index >= 15 is 0 Å². The summed E-state index contributed by atoms with van der Waals surface area (Å²) < 4.78 is 6.88. The number of allylic oxidation sites excluding steroid dienone is 1. The zero-order valence-corrected chi connectivity index (χ0v) is 8.51. The Hall–Kier alpha value is -1.84. The SMILES string of the molecule is CCOC(=O)c1cc2n(c1)CC=CN=C2. The summed E-state index contributed by atoms with van der Waals surface area (Å²) in [5.41, 5.74) is 1.50. The van der Waals surface area contributed by atoms with Gasteiger partial charge in [0.15, 0.2) is 0 Å². The second-order valence-corrected chi connectivity index (χ2v) is 3.19. The van der Waals surface area contributed by atoms with Crippen molar-refractivity contribution >= 4 is 12.2 Å². The number of aromatic nitrogens is 1. The zero-order valence-electron chi connectivity index (χ0n) is 8.51. The number of hydrogen-bond acceptors (Lipinski definition) is 3. The van der Waals surface area contributed by atoms with Crippen LogP contribution >= 0.6 is 0 Å². The van der Waals surface area contributed by atoms with Gasteiger partial charge in [-0.05, 0) is 19.1 Å². The first kappa shape index (κ1) is 9.71. The van der Waals surface area contributed by atoms with Crippen LogP contribution in [0.25, 0.3) is 0 Å². The Morgan fingerprint density at radius 3 is 3.33 bits per heavy atom. The molecular weight excluding hydrogens is 192 g/mol. The number of fused-ring (bicyclic) bond motifs is 1. The number of ether oxygens (including phenoxy) is 1. The molecule has 1 aliphatic heterocycles. The molecule has 4 heteroatoms. The Kier molecular flexibility index (Phi) is 2.67. The van der Waals surface area contributed by atoms with E-state index in [1.807, 2.05) is 10.6 Å². The van der Waals surface area contributed by atoms with Crippen molar-refractivity contribution in [2.24, 2.45) is 4.99 Å². The standard InChI is InChI=1S/C11H12N2O2/c1-2-15-11(14)9-6-10-7-12-4-3-5-13(10)8-9/h3-4,6-8H,2,5H2,1H3. The quantitative estimate of drug-likeness (QED) is 0.687. The maximum Gasteiger partial charge on any atom is 0.339 e. The lowest BCUT2D eigenvalue weighted by Crippen LogP contribution is -2.03. The zero-order chi connectivity index (χ0) is 10.7. The van der Waals surface area contributed by atoms with Crippen LogP contribution in [0.3, 0.4) is 0 Å². The Balaban J connectivity index is 2.27. The van der Waals surface area contributed by atoms with Gasteiger partial charge < -0.3 is 9.30 Å². The fourth-order valence-corrected chi connectivity index (χ4v) is 1.46. The smallest absolute Gasteiger partial charge is 0.339 e. The molecule has 15 heavy (non-hydrogen) atoms. The van der Waals surface area contributed by atoms with Crippen LogP contribution in [0, 0.1) is 0 Å². The molecule has 0 saturated heterocycles. The summed E-state index contributed by atoms with van der Waals surface area (Å²) in [5, 5.41) is 0. The molecular formula is C11H12N2O2. The summed E-state index contributed by atoms with van der Waals surface area (Å²) in [6.45, 7) is 2.92. The minimum absolute atomic E-state index is 0.282. The highest BCUT2D eigenvalue weighted by Crippen LogP contribution is 2.10. The molecule has 0 fully saturated rings. The van der Waals surface area contributed by atoms with E-state index in [2.05, 4.69) is 4.99 Å². The van der Waals surface area contributed by atoms with Crippen molar-refractivity contribution in [1.29, 1.82) is 0 Å². The van der Waals surface area contributed by atoms with Gasteiger partial charge in [-0.2, -0.15) is 0 Å². The fraction of sp³-hybridized carbons (Fsp3) is 0.273. The molecule has 4 nitrogen and oxygen atoms in total. The predicted octanol–water partition coefficient (Wildman–Crippen LogP) is 1.61. The van der Waals surface area contributed by atoms with Crippen molar-refractivity contribution < 1.29 is 9.53 Å². The molecule has 78 valence electrons. The van der Waals surface area contributed by atoms with E-state index in [4.69, 9.17) is 4.74 Å². The van der Waals surface area contributed by atoms with Crippen LogP contribution in [0.15, 0.2) is 29.5 Å². The predicted molar refractivity (Wildman–Crippen MR) is 57.1 cm³/mol. The number of carbonyl (C=O) groups is 1. The van der Waals surface area contributed by atoms with Gasteiger partial charge >= 0.3 is 5.97 Å². The average molecular weight is 204 g/mol. The van der Waals surface area contributed by atoms with E-state index in [1.165, 1.54) is 0 Å². The van der Waals surface area contributed by atoms with Gasteiger partial charge in [-0.1, -0.05) is 0 Å². The van der Waals surface area contributed by atoms with Crippen molar-refractivity contribution in [3.63, 3.8) is 0 Å². The first-order valence-corrected chi connectivity index (χ1v) is 4.86. The molecule has 0 bridgehead atoms. The van der Waals surface area contributed by atoms with Gasteiger partial charge in [0.05, 0.1) is 24.1 Å². The Labute approximate surface area is 87.9 Å². The van der Waals surface area contributed by atoms with E-state index < -0.39 is 0 Å². The van der Waals surface area contributed by atoms with Crippen molar-refractivity contribution in [2.75, 3.05) is 6.61 Å². The van der Waals surface area contributed by atoms with E-state index in [0.29, 0.717) is 12.2 Å². The Morgan fingerprint density at radius 1 is 1.67 bits per heavy atom. The highest BCUT2D eigenvalue weighted by Gasteiger charge is 2.11. The van der Waals surface area contributed by atoms with Crippen molar-refractivity contribution in [1.82, 2.24) is 4.57 Å². The van der Waals surface area contributed by atoms with Crippen LogP contribution in [0.2, 0.25) is 0 Å². The number of hydrogen-bond donors (Lipinski definition) is 0. The van der Waals surface area contributed by atoms with Gasteiger partial charge in [0.2, 0.25) is 0 Å². The molecule has 0 saturated carbocycles. The van der Waals surface area contributed by atoms with Gasteiger partial charge in [-0.3, -0.25) is 4.99 Å².